The molecule has 0 aliphatic rings. The average molecular weight is 217 g/mol. The van der Waals surface area contributed by atoms with Gasteiger partial charge in [-0.05, 0) is 19.1 Å². The van der Waals surface area contributed by atoms with E-state index in [1.807, 2.05) is 0 Å². The van der Waals surface area contributed by atoms with Gasteiger partial charge in [0, 0.05) is 11.1 Å². The molecule has 1 atom stereocenters. The Hall–Kier alpha value is -1.42. The third kappa shape index (κ3) is 2.53. The van der Waals surface area contributed by atoms with Gasteiger partial charge in [-0.3, -0.25) is 0 Å². The van der Waals surface area contributed by atoms with Crippen LogP contribution < -0.4 is 4.74 Å². The number of ether oxygens (including phenoxy) is 1. The molecule has 0 radical (unpaired) electrons. The van der Waals surface area contributed by atoms with Crippen molar-refractivity contribution in [1.82, 2.24) is 0 Å². The first-order valence-electron chi connectivity index (χ1n) is 3.88. The zero-order valence-corrected chi connectivity index (χ0v) is 8.15. The van der Waals surface area contributed by atoms with Gasteiger partial charge >= 0.3 is 5.97 Å². The van der Waals surface area contributed by atoms with Gasteiger partial charge in [0.1, 0.15) is 0 Å². The Kier molecular flexibility index (Phi) is 3.19. The van der Waals surface area contributed by atoms with Crippen LogP contribution in [-0.2, 0) is 4.79 Å². The number of phenolic OH excluding ortho intramolecular Hbond substituents is 1. The van der Waals surface area contributed by atoms with Crippen molar-refractivity contribution in [3.63, 3.8) is 0 Å². The molecule has 0 aliphatic heterocycles. The second-order valence-electron chi connectivity index (χ2n) is 2.71. The highest BCUT2D eigenvalue weighted by atomic mass is 35.5. The molecule has 0 spiro atoms. The van der Waals surface area contributed by atoms with Crippen LogP contribution in [0.25, 0.3) is 0 Å². The predicted octanol–water partition coefficient (Wildman–Crippen LogP) is 1.90. The minimum Gasteiger partial charge on any atom is -0.504 e. The number of aliphatic carboxylic acids is 1. The smallest absolute Gasteiger partial charge is 0.344 e. The molecule has 0 saturated heterocycles. The molecule has 0 saturated carbocycles. The van der Waals surface area contributed by atoms with E-state index in [2.05, 4.69) is 0 Å². The van der Waals surface area contributed by atoms with Crippen molar-refractivity contribution in [2.24, 2.45) is 0 Å². The third-order valence-electron chi connectivity index (χ3n) is 1.57. The highest BCUT2D eigenvalue weighted by Crippen LogP contribution is 2.29. The summed E-state index contributed by atoms with van der Waals surface area (Å²) in [5, 5.41) is 18.2. The van der Waals surface area contributed by atoms with Gasteiger partial charge in [-0.2, -0.15) is 0 Å². The van der Waals surface area contributed by atoms with E-state index in [0.29, 0.717) is 5.02 Å². The van der Waals surface area contributed by atoms with Gasteiger partial charge in [0.2, 0.25) is 0 Å². The molecule has 0 amide bonds. The molecule has 5 heteroatoms. The summed E-state index contributed by atoms with van der Waals surface area (Å²) < 4.78 is 4.95. The van der Waals surface area contributed by atoms with Crippen molar-refractivity contribution in [1.29, 1.82) is 0 Å². The predicted molar refractivity (Wildman–Crippen MR) is 50.8 cm³/mol. The lowest BCUT2D eigenvalue weighted by Crippen LogP contribution is -2.22. The van der Waals surface area contributed by atoms with Crippen molar-refractivity contribution in [2.45, 2.75) is 13.0 Å². The summed E-state index contributed by atoms with van der Waals surface area (Å²) in [4.78, 5) is 10.4. The molecule has 4 nitrogen and oxygen atoms in total. The Labute approximate surface area is 85.7 Å². The van der Waals surface area contributed by atoms with Crippen molar-refractivity contribution in [2.75, 3.05) is 0 Å². The number of hydrogen-bond acceptors (Lipinski definition) is 3. The highest BCUT2D eigenvalue weighted by molar-refractivity contribution is 6.30. The molecule has 0 bridgehead atoms. The van der Waals surface area contributed by atoms with Gasteiger partial charge in [0.25, 0.3) is 0 Å². The first-order chi connectivity index (χ1) is 6.50. The molecule has 0 aliphatic carbocycles. The van der Waals surface area contributed by atoms with Crippen molar-refractivity contribution in [3.05, 3.63) is 23.2 Å². The summed E-state index contributed by atoms with van der Waals surface area (Å²) in [6, 6.07) is 4.20. The summed E-state index contributed by atoms with van der Waals surface area (Å²) in [5.74, 6) is -1.17. The Morgan fingerprint density at radius 1 is 1.57 bits per heavy atom. The first kappa shape index (κ1) is 10.7. The molecule has 1 aromatic rings. The molecule has 0 fully saturated rings. The number of phenols is 1. The molecule has 2 N–H and O–H groups in total. The standard InChI is InChI=1S/C9H9ClO4/c1-5(9(12)13)14-8-3-2-6(10)4-7(8)11/h2-5,11H,1H3,(H,12,13). The van der Waals surface area contributed by atoms with Crippen LogP contribution in [0.15, 0.2) is 18.2 Å². The largest absolute Gasteiger partial charge is 0.504 e. The molecule has 0 aromatic heterocycles. The molecule has 1 rings (SSSR count). The van der Waals surface area contributed by atoms with Crippen LogP contribution >= 0.6 is 11.6 Å². The molecular weight excluding hydrogens is 208 g/mol. The van der Waals surface area contributed by atoms with Crippen LogP contribution in [0.3, 0.4) is 0 Å². The fourth-order valence-electron chi connectivity index (χ4n) is 0.831. The lowest BCUT2D eigenvalue weighted by Gasteiger charge is -2.11. The average Bonchev–Trinajstić information content (AvgIpc) is 2.09. The van der Waals surface area contributed by atoms with Crippen LogP contribution in [0, 0.1) is 0 Å². The quantitative estimate of drug-likeness (QED) is 0.810. The molecule has 76 valence electrons. The summed E-state index contributed by atoms with van der Waals surface area (Å²) >= 11 is 5.58. The van der Waals surface area contributed by atoms with E-state index in [4.69, 9.17) is 21.4 Å². The molecule has 0 heterocycles. The highest BCUT2D eigenvalue weighted by Gasteiger charge is 2.14. The van der Waals surface area contributed by atoms with E-state index in [1.165, 1.54) is 25.1 Å². The number of aromatic hydroxyl groups is 1. The SMILES string of the molecule is CC(Oc1ccc(Cl)cc1O)C(=O)O. The van der Waals surface area contributed by atoms with E-state index >= 15 is 0 Å². The normalized spacial score (nSPS) is 12.1. The van der Waals surface area contributed by atoms with Crippen molar-refractivity contribution >= 4 is 17.6 Å². The Morgan fingerprint density at radius 3 is 2.71 bits per heavy atom. The van der Waals surface area contributed by atoms with Crippen LogP contribution in [0.1, 0.15) is 6.92 Å². The third-order valence-corrected chi connectivity index (χ3v) is 1.81. The van der Waals surface area contributed by atoms with Crippen molar-refractivity contribution < 1.29 is 19.7 Å². The van der Waals surface area contributed by atoms with Gasteiger partial charge in [0.05, 0.1) is 0 Å². The zero-order valence-electron chi connectivity index (χ0n) is 7.40. The first-order valence-corrected chi connectivity index (χ1v) is 4.26. The van der Waals surface area contributed by atoms with Gasteiger partial charge in [0.15, 0.2) is 17.6 Å². The lowest BCUT2D eigenvalue weighted by molar-refractivity contribution is -0.144. The van der Waals surface area contributed by atoms with Gasteiger partial charge in [-0.25, -0.2) is 4.79 Å². The van der Waals surface area contributed by atoms with Crippen LogP contribution in [0.4, 0.5) is 0 Å². The van der Waals surface area contributed by atoms with E-state index in [0.717, 1.165) is 0 Å². The van der Waals surface area contributed by atoms with Crippen LogP contribution in [0.5, 0.6) is 11.5 Å². The van der Waals surface area contributed by atoms with E-state index in [1.54, 1.807) is 0 Å². The Balaban J connectivity index is 2.82. The molecule has 14 heavy (non-hydrogen) atoms. The number of carboxylic acid groups (broad SMARTS) is 1. The molecule has 1 aromatic carbocycles. The van der Waals surface area contributed by atoms with Crippen molar-refractivity contribution in [3.8, 4) is 11.5 Å². The summed E-state index contributed by atoms with van der Waals surface area (Å²) in [6.45, 7) is 1.37. The van der Waals surface area contributed by atoms with Crippen LogP contribution in [0.2, 0.25) is 5.02 Å². The lowest BCUT2D eigenvalue weighted by atomic mass is 10.3. The van der Waals surface area contributed by atoms with E-state index in [9.17, 15) is 9.90 Å². The Morgan fingerprint density at radius 2 is 2.21 bits per heavy atom. The maximum absolute atomic E-state index is 10.4. The fourth-order valence-corrected chi connectivity index (χ4v) is 0.997. The van der Waals surface area contributed by atoms with Crippen LogP contribution in [-0.4, -0.2) is 22.3 Å². The second kappa shape index (κ2) is 4.19. The minimum atomic E-state index is -1.10. The number of benzene rings is 1. The molecule has 1 unspecified atom stereocenters. The van der Waals surface area contributed by atoms with Gasteiger partial charge in [-0.1, -0.05) is 11.6 Å². The van der Waals surface area contributed by atoms with Gasteiger partial charge in [-0.15, -0.1) is 0 Å². The van der Waals surface area contributed by atoms with E-state index < -0.39 is 12.1 Å². The number of carboxylic acids is 1. The maximum Gasteiger partial charge on any atom is 0.344 e. The maximum atomic E-state index is 10.4. The zero-order chi connectivity index (χ0) is 10.7. The number of halogens is 1. The number of rotatable bonds is 3. The summed E-state index contributed by atoms with van der Waals surface area (Å²) in [6.07, 6.45) is -1.01. The summed E-state index contributed by atoms with van der Waals surface area (Å²) in [5.41, 5.74) is 0. The Bertz CT molecular complexity index is 351. The van der Waals surface area contributed by atoms with E-state index in [-0.39, 0.29) is 11.5 Å². The monoisotopic (exact) mass is 216 g/mol. The summed E-state index contributed by atoms with van der Waals surface area (Å²) in [7, 11) is 0. The van der Waals surface area contributed by atoms with Gasteiger partial charge < -0.3 is 14.9 Å². The minimum absolute atomic E-state index is 0.101. The fraction of sp³-hybridized carbons (Fsp3) is 0.222. The molecular formula is C9H9ClO4. The number of hydrogen-bond donors (Lipinski definition) is 2. The second-order valence-corrected chi connectivity index (χ2v) is 3.15. The number of carbonyl (C=O) groups is 1. The topological polar surface area (TPSA) is 66.8 Å².